The molecule has 1 aliphatic heterocycles. The van der Waals surface area contributed by atoms with E-state index >= 15 is 0 Å². The molecule has 0 bridgehead atoms. The van der Waals surface area contributed by atoms with Gasteiger partial charge < -0.3 is 9.47 Å². The van der Waals surface area contributed by atoms with Crippen LogP contribution in [0.5, 0.6) is 0 Å². The third kappa shape index (κ3) is 3.40. The Morgan fingerprint density at radius 2 is 1.69 bits per heavy atom. The minimum Gasteiger partial charge on any atom is -0.461 e. The van der Waals surface area contributed by atoms with Gasteiger partial charge in [-0.05, 0) is 38.2 Å². The van der Waals surface area contributed by atoms with Gasteiger partial charge in [-0.3, -0.25) is 14.4 Å². The number of amides is 2. The van der Waals surface area contributed by atoms with Crippen molar-refractivity contribution in [1.82, 2.24) is 4.90 Å². The summed E-state index contributed by atoms with van der Waals surface area (Å²) in [5.41, 5.74) is 0.0227. The fraction of sp³-hybridized carbons (Fsp3) is 0.556. The lowest BCUT2D eigenvalue weighted by atomic mass is 10.1. The van der Waals surface area contributed by atoms with Gasteiger partial charge in [-0.2, -0.15) is 4.39 Å². The molecule has 1 fully saturated rings. The van der Waals surface area contributed by atoms with Crippen LogP contribution in [0.3, 0.4) is 0 Å². The van der Waals surface area contributed by atoms with Crippen LogP contribution in [0.1, 0.15) is 34.6 Å². The van der Waals surface area contributed by atoms with Crippen LogP contribution in [-0.2, 0) is 28.7 Å². The monoisotopic (exact) mass is 367 g/mol. The standard InChI is InChI=1S/C18H22FNO6/c1-6-25-16(23)12(19)7-11-13(18(11,4)5)17(24)26-8-20-14(21)9(2)10(3)15(20)22/h7,11,13H,6,8H2,1-5H3/b12-7-/t11-,13-/m0/s1. The maximum Gasteiger partial charge on any atom is 0.366 e. The van der Waals surface area contributed by atoms with Gasteiger partial charge in [0.05, 0.1) is 12.5 Å². The highest BCUT2D eigenvalue weighted by Gasteiger charge is 2.62. The summed E-state index contributed by atoms with van der Waals surface area (Å²) >= 11 is 0. The Morgan fingerprint density at radius 1 is 1.15 bits per heavy atom. The van der Waals surface area contributed by atoms with E-state index in [1.165, 1.54) is 13.8 Å². The molecule has 26 heavy (non-hydrogen) atoms. The zero-order valence-electron chi connectivity index (χ0n) is 15.4. The quantitative estimate of drug-likeness (QED) is 0.404. The maximum absolute atomic E-state index is 13.8. The van der Waals surface area contributed by atoms with Crippen LogP contribution in [0.4, 0.5) is 4.39 Å². The van der Waals surface area contributed by atoms with Gasteiger partial charge in [0.2, 0.25) is 5.83 Å². The van der Waals surface area contributed by atoms with E-state index < -0.39 is 53.6 Å². The first kappa shape index (κ1) is 19.8. The third-order valence-electron chi connectivity index (χ3n) is 4.99. The third-order valence-corrected chi connectivity index (χ3v) is 4.99. The molecule has 1 aliphatic carbocycles. The van der Waals surface area contributed by atoms with Gasteiger partial charge >= 0.3 is 11.9 Å². The summed E-state index contributed by atoms with van der Waals surface area (Å²) in [5.74, 6) is -5.00. The predicted molar refractivity (Wildman–Crippen MR) is 87.8 cm³/mol. The summed E-state index contributed by atoms with van der Waals surface area (Å²) < 4.78 is 23.5. The van der Waals surface area contributed by atoms with Gasteiger partial charge in [-0.1, -0.05) is 13.8 Å². The lowest BCUT2D eigenvalue weighted by Gasteiger charge is -2.15. The van der Waals surface area contributed by atoms with E-state index in [-0.39, 0.29) is 6.61 Å². The number of carbonyl (C=O) groups excluding carboxylic acids is 4. The van der Waals surface area contributed by atoms with Crippen molar-refractivity contribution in [2.45, 2.75) is 34.6 Å². The topological polar surface area (TPSA) is 90.0 Å². The average molecular weight is 367 g/mol. The summed E-state index contributed by atoms with van der Waals surface area (Å²) in [6.45, 7) is 7.65. The first-order valence-electron chi connectivity index (χ1n) is 8.28. The van der Waals surface area contributed by atoms with E-state index in [1.54, 1.807) is 20.8 Å². The second-order valence-electron chi connectivity index (χ2n) is 6.94. The molecule has 2 amide bonds. The number of carbonyl (C=O) groups is 4. The highest BCUT2D eigenvalue weighted by atomic mass is 19.1. The molecule has 0 radical (unpaired) electrons. The van der Waals surface area contributed by atoms with Crippen molar-refractivity contribution in [3.8, 4) is 0 Å². The van der Waals surface area contributed by atoms with E-state index in [9.17, 15) is 23.6 Å². The van der Waals surface area contributed by atoms with E-state index in [2.05, 4.69) is 4.74 Å². The van der Waals surface area contributed by atoms with Crippen molar-refractivity contribution >= 4 is 23.8 Å². The lowest BCUT2D eigenvalue weighted by Crippen LogP contribution is -2.35. The number of ether oxygens (including phenoxy) is 2. The van der Waals surface area contributed by atoms with E-state index in [4.69, 9.17) is 4.74 Å². The van der Waals surface area contributed by atoms with Crippen molar-refractivity contribution < 1.29 is 33.0 Å². The Balaban J connectivity index is 1.98. The molecule has 2 aliphatic rings. The number of nitrogens with zero attached hydrogens (tertiary/aromatic N) is 1. The Hall–Kier alpha value is -2.51. The van der Waals surface area contributed by atoms with Crippen LogP contribution in [0, 0.1) is 17.3 Å². The van der Waals surface area contributed by atoms with Gasteiger partial charge in [-0.25, -0.2) is 9.69 Å². The molecule has 2 rings (SSSR count). The molecule has 0 aromatic rings. The Kier molecular flexibility index (Phi) is 5.34. The molecule has 2 atom stereocenters. The normalized spacial score (nSPS) is 24.8. The van der Waals surface area contributed by atoms with Crippen LogP contribution < -0.4 is 0 Å². The molecule has 0 aromatic heterocycles. The minimum absolute atomic E-state index is 0.0460. The van der Waals surface area contributed by atoms with Crippen molar-refractivity contribution in [3.05, 3.63) is 23.0 Å². The molecule has 7 nitrogen and oxygen atoms in total. The van der Waals surface area contributed by atoms with Crippen LogP contribution in [0.15, 0.2) is 23.0 Å². The molecule has 0 aromatic carbocycles. The van der Waals surface area contributed by atoms with Crippen molar-refractivity contribution in [3.63, 3.8) is 0 Å². The number of hydrogen-bond acceptors (Lipinski definition) is 6. The molecule has 142 valence electrons. The first-order valence-corrected chi connectivity index (χ1v) is 8.28. The highest BCUT2D eigenvalue weighted by molar-refractivity contribution is 6.18. The second kappa shape index (κ2) is 7.01. The molecular formula is C18H22FNO6. The number of allylic oxidation sites excluding steroid dienone is 1. The lowest BCUT2D eigenvalue weighted by molar-refractivity contribution is -0.157. The zero-order valence-corrected chi connectivity index (χ0v) is 15.4. The van der Waals surface area contributed by atoms with E-state index in [0.717, 1.165) is 11.0 Å². The van der Waals surface area contributed by atoms with Crippen LogP contribution >= 0.6 is 0 Å². The number of halogens is 1. The fourth-order valence-corrected chi connectivity index (χ4v) is 3.02. The van der Waals surface area contributed by atoms with Gasteiger partial charge in [0.15, 0.2) is 6.73 Å². The predicted octanol–water partition coefficient (Wildman–Crippen LogP) is 1.88. The molecule has 0 unspecified atom stereocenters. The number of hydrogen-bond donors (Lipinski definition) is 0. The average Bonchev–Trinajstić information content (AvgIpc) is 3.06. The summed E-state index contributed by atoms with van der Waals surface area (Å²) in [6, 6.07) is 0. The Morgan fingerprint density at radius 3 is 2.19 bits per heavy atom. The van der Waals surface area contributed by atoms with Gasteiger partial charge in [0, 0.05) is 11.1 Å². The van der Waals surface area contributed by atoms with Crippen molar-refractivity contribution in [2.75, 3.05) is 13.3 Å². The number of rotatable bonds is 6. The molecule has 0 N–H and O–H groups in total. The minimum atomic E-state index is -1.08. The smallest absolute Gasteiger partial charge is 0.366 e. The summed E-state index contributed by atoms with van der Waals surface area (Å²) in [4.78, 5) is 48.4. The summed E-state index contributed by atoms with van der Waals surface area (Å²) in [6.07, 6.45) is 1.06. The SMILES string of the molecule is CCOC(=O)/C(F)=C/[C@H]1[C@@H](C(=O)OCN2C(=O)C(C)=C(C)C2=O)C1(C)C. The first-order chi connectivity index (χ1) is 12.0. The molecule has 1 heterocycles. The summed E-state index contributed by atoms with van der Waals surface area (Å²) in [7, 11) is 0. The largest absolute Gasteiger partial charge is 0.461 e. The van der Waals surface area contributed by atoms with Gasteiger partial charge in [0.25, 0.3) is 11.8 Å². The molecular weight excluding hydrogens is 345 g/mol. The van der Waals surface area contributed by atoms with Gasteiger partial charge in [-0.15, -0.1) is 0 Å². The zero-order chi connectivity index (χ0) is 19.8. The molecule has 1 saturated carbocycles. The van der Waals surface area contributed by atoms with Crippen LogP contribution in [-0.4, -0.2) is 42.0 Å². The Labute approximate surface area is 150 Å². The van der Waals surface area contributed by atoms with E-state index in [0.29, 0.717) is 11.1 Å². The second-order valence-corrected chi connectivity index (χ2v) is 6.94. The molecule has 8 heteroatoms. The van der Waals surface area contributed by atoms with Gasteiger partial charge in [0.1, 0.15) is 0 Å². The number of esters is 2. The highest BCUT2D eigenvalue weighted by Crippen LogP contribution is 2.60. The summed E-state index contributed by atoms with van der Waals surface area (Å²) in [5, 5.41) is 0. The fourth-order valence-electron chi connectivity index (χ4n) is 3.02. The van der Waals surface area contributed by atoms with Crippen LogP contribution in [0.25, 0.3) is 0 Å². The van der Waals surface area contributed by atoms with Crippen molar-refractivity contribution in [2.24, 2.45) is 17.3 Å². The molecule has 0 saturated heterocycles. The van der Waals surface area contributed by atoms with Crippen molar-refractivity contribution in [1.29, 1.82) is 0 Å². The maximum atomic E-state index is 13.8. The molecule has 0 spiro atoms. The van der Waals surface area contributed by atoms with E-state index in [1.807, 2.05) is 0 Å². The number of imide groups is 1. The Bertz CT molecular complexity index is 712. The van der Waals surface area contributed by atoms with Crippen LogP contribution in [0.2, 0.25) is 0 Å².